The Labute approximate surface area is 88.1 Å². The van der Waals surface area contributed by atoms with Crippen molar-refractivity contribution in [3.05, 3.63) is 35.6 Å². The Kier molecular flexibility index (Phi) is 3.80. The number of aliphatic hydroxyl groups is 1. The van der Waals surface area contributed by atoms with Gasteiger partial charge in [-0.05, 0) is 17.7 Å². The molecular weight excluding hydrogens is 197 g/mol. The van der Waals surface area contributed by atoms with E-state index in [9.17, 15) is 14.3 Å². The van der Waals surface area contributed by atoms with Crippen LogP contribution in [0.25, 0.3) is 0 Å². The zero-order valence-corrected chi connectivity index (χ0v) is 8.77. The van der Waals surface area contributed by atoms with Crippen LogP contribution in [-0.4, -0.2) is 30.0 Å². The number of nitrogens with zero attached hydrogens (tertiary/aromatic N) is 1. The van der Waals surface area contributed by atoms with Crippen molar-refractivity contribution < 1.29 is 14.3 Å². The van der Waals surface area contributed by atoms with Gasteiger partial charge >= 0.3 is 0 Å². The highest BCUT2D eigenvalue weighted by Gasteiger charge is 2.14. The molecule has 0 fully saturated rings. The number of carbonyl (C=O) groups excluding carboxylic acids is 1. The van der Waals surface area contributed by atoms with Gasteiger partial charge in [-0.2, -0.15) is 0 Å². The van der Waals surface area contributed by atoms with Crippen LogP contribution in [0.15, 0.2) is 24.3 Å². The van der Waals surface area contributed by atoms with Crippen LogP contribution in [0, 0.1) is 5.82 Å². The number of hydrogen-bond donors (Lipinski definition) is 1. The summed E-state index contributed by atoms with van der Waals surface area (Å²) in [6.07, 6.45) is -0.862. The van der Waals surface area contributed by atoms with Crippen LogP contribution >= 0.6 is 0 Å². The van der Waals surface area contributed by atoms with E-state index < -0.39 is 6.10 Å². The van der Waals surface area contributed by atoms with E-state index in [-0.39, 0.29) is 18.1 Å². The minimum atomic E-state index is -0.875. The fourth-order valence-corrected chi connectivity index (χ4v) is 1.15. The third-order valence-corrected chi connectivity index (χ3v) is 2.12. The minimum absolute atomic E-state index is 0.0125. The standard InChI is InChI=1S/C11H14FNO2/c1-13(2)11(15)7-10(14)8-3-5-9(12)6-4-8/h3-6,10,14H,7H2,1-2H3/t10-/m1/s1. The molecule has 0 spiro atoms. The van der Waals surface area contributed by atoms with Gasteiger partial charge in [0.05, 0.1) is 12.5 Å². The van der Waals surface area contributed by atoms with Gasteiger partial charge in [-0.25, -0.2) is 4.39 Å². The van der Waals surface area contributed by atoms with Crippen LogP contribution < -0.4 is 0 Å². The van der Waals surface area contributed by atoms with Crippen LogP contribution in [0.1, 0.15) is 18.1 Å². The highest BCUT2D eigenvalue weighted by Crippen LogP contribution is 2.17. The molecular formula is C11H14FNO2. The third-order valence-electron chi connectivity index (χ3n) is 2.12. The van der Waals surface area contributed by atoms with Crippen molar-refractivity contribution >= 4 is 5.91 Å². The maximum atomic E-state index is 12.6. The minimum Gasteiger partial charge on any atom is -0.388 e. The molecule has 0 bridgehead atoms. The lowest BCUT2D eigenvalue weighted by molar-refractivity contribution is -0.130. The van der Waals surface area contributed by atoms with E-state index in [1.54, 1.807) is 14.1 Å². The first-order valence-corrected chi connectivity index (χ1v) is 4.64. The summed E-state index contributed by atoms with van der Waals surface area (Å²) in [4.78, 5) is 12.7. The van der Waals surface area contributed by atoms with Gasteiger partial charge in [-0.1, -0.05) is 12.1 Å². The quantitative estimate of drug-likeness (QED) is 0.819. The molecule has 0 heterocycles. The SMILES string of the molecule is CN(C)C(=O)C[C@@H](O)c1ccc(F)cc1. The predicted molar refractivity (Wildman–Crippen MR) is 54.7 cm³/mol. The molecule has 0 aliphatic heterocycles. The maximum Gasteiger partial charge on any atom is 0.225 e. The summed E-state index contributed by atoms with van der Waals surface area (Å²) in [7, 11) is 3.25. The van der Waals surface area contributed by atoms with Gasteiger partial charge in [0.1, 0.15) is 5.82 Å². The summed E-state index contributed by atoms with van der Waals surface area (Å²) < 4.78 is 12.6. The summed E-state index contributed by atoms with van der Waals surface area (Å²) >= 11 is 0. The third kappa shape index (κ3) is 3.32. The second kappa shape index (κ2) is 4.89. The Bertz CT molecular complexity index is 335. The van der Waals surface area contributed by atoms with Crippen molar-refractivity contribution in [3.63, 3.8) is 0 Å². The largest absolute Gasteiger partial charge is 0.388 e. The fourth-order valence-electron chi connectivity index (χ4n) is 1.15. The second-order valence-corrected chi connectivity index (χ2v) is 3.56. The molecule has 0 unspecified atom stereocenters. The number of halogens is 1. The number of benzene rings is 1. The van der Waals surface area contributed by atoms with Crippen LogP contribution in [0.5, 0.6) is 0 Å². The summed E-state index contributed by atoms with van der Waals surface area (Å²) in [5.74, 6) is -0.517. The van der Waals surface area contributed by atoms with Crippen molar-refractivity contribution in [1.29, 1.82) is 0 Å². The van der Waals surface area contributed by atoms with Gasteiger partial charge in [-0.15, -0.1) is 0 Å². The van der Waals surface area contributed by atoms with Crippen molar-refractivity contribution in [2.45, 2.75) is 12.5 Å². The number of hydrogen-bond acceptors (Lipinski definition) is 2. The Morgan fingerprint density at radius 2 is 1.93 bits per heavy atom. The monoisotopic (exact) mass is 211 g/mol. The lowest BCUT2D eigenvalue weighted by Crippen LogP contribution is -2.23. The van der Waals surface area contributed by atoms with Crippen LogP contribution in [0.2, 0.25) is 0 Å². The molecule has 1 rings (SSSR count). The average Bonchev–Trinajstić information content (AvgIpc) is 2.18. The molecule has 1 N–H and O–H groups in total. The number of carbonyl (C=O) groups is 1. The molecule has 0 aliphatic carbocycles. The van der Waals surface area contributed by atoms with Crippen molar-refractivity contribution in [1.82, 2.24) is 4.90 Å². The molecule has 3 nitrogen and oxygen atoms in total. The predicted octanol–water partition coefficient (Wildman–Crippen LogP) is 1.34. The van der Waals surface area contributed by atoms with Gasteiger partial charge in [0.2, 0.25) is 5.91 Å². The zero-order chi connectivity index (χ0) is 11.4. The highest BCUT2D eigenvalue weighted by atomic mass is 19.1. The zero-order valence-electron chi connectivity index (χ0n) is 8.77. The lowest BCUT2D eigenvalue weighted by atomic mass is 10.1. The molecule has 0 saturated heterocycles. The van der Waals surface area contributed by atoms with Crippen molar-refractivity contribution in [3.8, 4) is 0 Å². The summed E-state index contributed by atoms with van der Waals surface area (Å²) in [6.45, 7) is 0. The number of rotatable bonds is 3. The second-order valence-electron chi connectivity index (χ2n) is 3.56. The van der Waals surface area contributed by atoms with Crippen LogP contribution in [-0.2, 0) is 4.79 Å². The Balaban J connectivity index is 2.65. The summed E-state index contributed by atoms with van der Waals surface area (Å²) in [6, 6.07) is 5.48. The number of amides is 1. The van der Waals surface area contributed by atoms with E-state index in [0.29, 0.717) is 5.56 Å². The van der Waals surface area contributed by atoms with Crippen molar-refractivity contribution in [2.24, 2.45) is 0 Å². The normalized spacial score (nSPS) is 12.3. The van der Waals surface area contributed by atoms with E-state index in [0.717, 1.165) is 0 Å². The maximum absolute atomic E-state index is 12.6. The molecule has 15 heavy (non-hydrogen) atoms. The molecule has 0 radical (unpaired) electrons. The Morgan fingerprint density at radius 1 is 1.40 bits per heavy atom. The van der Waals surface area contributed by atoms with Gasteiger partial charge in [0, 0.05) is 14.1 Å². The van der Waals surface area contributed by atoms with Gasteiger partial charge in [0.25, 0.3) is 0 Å². The van der Waals surface area contributed by atoms with Crippen LogP contribution in [0.4, 0.5) is 4.39 Å². The molecule has 0 saturated carbocycles. The van der Waals surface area contributed by atoms with Gasteiger partial charge in [-0.3, -0.25) is 4.79 Å². The summed E-state index contributed by atoms with van der Waals surface area (Å²) in [5.41, 5.74) is 0.548. The number of aliphatic hydroxyl groups excluding tert-OH is 1. The molecule has 0 aromatic heterocycles. The van der Waals surface area contributed by atoms with E-state index in [1.807, 2.05) is 0 Å². The van der Waals surface area contributed by atoms with Crippen LogP contribution in [0.3, 0.4) is 0 Å². The van der Waals surface area contributed by atoms with E-state index in [2.05, 4.69) is 0 Å². The average molecular weight is 211 g/mol. The smallest absolute Gasteiger partial charge is 0.225 e. The highest BCUT2D eigenvalue weighted by molar-refractivity contribution is 5.76. The molecule has 1 aromatic rings. The van der Waals surface area contributed by atoms with E-state index in [1.165, 1.54) is 29.2 Å². The van der Waals surface area contributed by atoms with Crippen molar-refractivity contribution in [2.75, 3.05) is 14.1 Å². The molecule has 1 aromatic carbocycles. The van der Waals surface area contributed by atoms with E-state index >= 15 is 0 Å². The lowest BCUT2D eigenvalue weighted by Gasteiger charge is -2.14. The van der Waals surface area contributed by atoms with E-state index in [4.69, 9.17) is 0 Å². The first-order valence-electron chi connectivity index (χ1n) is 4.64. The fraction of sp³-hybridized carbons (Fsp3) is 0.364. The first kappa shape index (κ1) is 11.7. The van der Waals surface area contributed by atoms with Gasteiger partial charge in [0.15, 0.2) is 0 Å². The molecule has 1 amide bonds. The first-order chi connectivity index (χ1) is 7.00. The van der Waals surface area contributed by atoms with Gasteiger partial charge < -0.3 is 10.0 Å². The molecule has 1 atom stereocenters. The Hall–Kier alpha value is -1.42. The summed E-state index contributed by atoms with van der Waals surface area (Å²) in [5, 5.41) is 9.66. The Morgan fingerprint density at radius 3 is 2.40 bits per heavy atom. The molecule has 4 heteroatoms. The molecule has 82 valence electrons. The topological polar surface area (TPSA) is 40.5 Å². The molecule has 0 aliphatic rings.